The lowest BCUT2D eigenvalue weighted by Crippen LogP contribution is -2.30. The number of nitrogens with one attached hydrogen (secondary N) is 4. The molecule has 55 heavy (non-hydrogen) atoms. The van der Waals surface area contributed by atoms with Gasteiger partial charge in [-0.2, -0.15) is 0 Å². The van der Waals surface area contributed by atoms with Crippen molar-refractivity contribution in [3.63, 3.8) is 0 Å². The van der Waals surface area contributed by atoms with Gasteiger partial charge in [0.25, 0.3) is 17.7 Å². The largest absolute Gasteiger partial charge is 0.497 e. The lowest BCUT2D eigenvalue weighted by Gasteiger charge is -2.16. The highest BCUT2D eigenvalue weighted by atomic mass is 32.2. The Morgan fingerprint density at radius 1 is 0.782 bits per heavy atom. The lowest BCUT2D eigenvalue weighted by molar-refractivity contribution is -0.116. The molecule has 4 aromatic carbocycles. The van der Waals surface area contributed by atoms with Gasteiger partial charge in [0, 0.05) is 21.8 Å². The minimum atomic E-state index is -0.644. The molecule has 1 heterocycles. The number of ether oxygens (including phenoxy) is 2. The number of hydrogen-bond donors (Lipinski definition) is 4. The average molecular weight is 777 g/mol. The number of benzene rings is 4. The summed E-state index contributed by atoms with van der Waals surface area (Å²) in [6.45, 7) is 5.31. The molecule has 11 nitrogen and oxygen atoms in total. The third-order valence-corrected chi connectivity index (χ3v) is 10.7. The second-order valence-electron chi connectivity index (χ2n) is 11.9. The fraction of sp³-hybridized carbons (Fsp3) is 0.167. The van der Waals surface area contributed by atoms with Crippen LogP contribution in [0.1, 0.15) is 61.8 Å². The number of esters is 1. The van der Waals surface area contributed by atoms with E-state index in [1.165, 1.54) is 11.8 Å². The molecule has 0 bridgehead atoms. The molecule has 5 aromatic rings. The summed E-state index contributed by atoms with van der Waals surface area (Å²) < 4.78 is 10.5. The summed E-state index contributed by atoms with van der Waals surface area (Å²) in [7, 11) is 1.56. The average Bonchev–Trinajstić information content (AvgIpc) is 3.52. The van der Waals surface area contributed by atoms with E-state index in [1.807, 2.05) is 19.1 Å². The Kier molecular flexibility index (Phi) is 14.0. The molecule has 5 rings (SSSR count). The number of carbonyl (C=O) groups is 5. The summed E-state index contributed by atoms with van der Waals surface area (Å²) in [5, 5.41) is 10.9. The van der Waals surface area contributed by atoms with E-state index in [0.29, 0.717) is 45.1 Å². The van der Waals surface area contributed by atoms with E-state index in [2.05, 4.69) is 21.3 Å². The van der Waals surface area contributed by atoms with Crippen molar-refractivity contribution in [2.75, 3.05) is 29.7 Å². The zero-order valence-electron chi connectivity index (χ0n) is 30.6. The van der Waals surface area contributed by atoms with Gasteiger partial charge in [-0.3, -0.25) is 19.2 Å². The highest BCUT2D eigenvalue weighted by Crippen LogP contribution is 2.36. The Hall–Kier alpha value is -6.18. The van der Waals surface area contributed by atoms with E-state index < -0.39 is 28.9 Å². The van der Waals surface area contributed by atoms with E-state index in [-0.39, 0.29) is 33.7 Å². The second-order valence-corrected chi connectivity index (χ2v) is 14.2. The zero-order chi connectivity index (χ0) is 39.3. The molecule has 0 aliphatic rings. The summed E-state index contributed by atoms with van der Waals surface area (Å²) in [6, 6.07) is 31.5. The highest BCUT2D eigenvalue weighted by Gasteiger charge is 2.29. The van der Waals surface area contributed by atoms with Crippen molar-refractivity contribution in [3.05, 3.63) is 142 Å². The first-order chi connectivity index (χ1) is 26.6. The molecule has 0 fully saturated rings. The number of hydrogen-bond acceptors (Lipinski definition) is 9. The van der Waals surface area contributed by atoms with Crippen LogP contribution in [0.2, 0.25) is 0 Å². The van der Waals surface area contributed by atoms with Crippen LogP contribution in [0, 0.1) is 6.92 Å². The quantitative estimate of drug-likeness (QED) is 0.0470. The molecule has 1 atom stereocenters. The van der Waals surface area contributed by atoms with E-state index in [0.717, 1.165) is 11.3 Å². The zero-order valence-corrected chi connectivity index (χ0v) is 32.3. The van der Waals surface area contributed by atoms with E-state index in [9.17, 15) is 24.0 Å². The van der Waals surface area contributed by atoms with Gasteiger partial charge in [-0.05, 0) is 92.1 Å². The Balaban J connectivity index is 1.33. The van der Waals surface area contributed by atoms with Crippen molar-refractivity contribution in [3.8, 4) is 5.75 Å². The summed E-state index contributed by atoms with van der Waals surface area (Å²) in [4.78, 5) is 67.8. The van der Waals surface area contributed by atoms with Gasteiger partial charge < -0.3 is 30.7 Å². The van der Waals surface area contributed by atoms with Gasteiger partial charge in [0.05, 0.1) is 29.4 Å². The Morgan fingerprint density at radius 3 is 2.11 bits per heavy atom. The number of carbonyl (C=O) groups excluding carboxylic acids is 5. The van der Waals surface area contributed by atoms with Crippen LogP contribution in [0.25, 0.3) is 6.08 Å². The molecule has 4 amide bonds. The molecule has 1 unspecified atom stereocenters. The number of thioether (sulfide) groups is 1. The van der Waals surface area contributed by atoms with Gasteiger partial charge >= 0.3 is 5.97 Å². The number of thiophene rings is 1. The first kappa shape index (κ1) is 40.0. The molecule has 0 aliphatic carbocycles. The maximum absolute atomic E-state index is 13.7. The van der Waals surface area contributed by atoms with E-state index >= 15 is 0 Å². The molecule has 0 saturated carbocycles. The molecular formula is C42H40N4O7S2. The minimum Gasteiger partial charge on any atom is -0.497 e. The molecule has 1 aromatic heterocycles. The molecule has 13 heteroatoms. The van der Waals surface area contributed by atoms with Crippen molar-refractivity contribution < 1.29 is 33.4 Å². The van der Waals surface area contributed by atoms with Gasteiger partial charge in [-0.1, -0.05) is 61.5 Å². The highest BCUT2D eigenvalue weighted by molar-refractivity contribution is 8.00. The first-order valence-electron chi connectivity index (χ1n) is 17.4. The van der Waals surface area contributed by atoms with Crippen molar-refractivity contribution in [1.82, 2.24) is 5.32 Å². The van der Waals surface area contributed by atoms with Gasteiger partial charge in [0.15, 0.2) is 0 Å². The SMILES string of the molecule is CCOC(=O)c1c(NC(=O)C(CC)Sc2cccc(NC(=O)/C(=C\c3ccc(OC)cc3)NC(=O)c3ccccc3)c2)sc(C(=O)Nc2ccccc2)c1C. The van der Waals surface area contributed by atoms with Crippen LogP contribution in [-0.2, 0) is 14.3 Å². The molecule has 0 spiro atoms. The number of amides is 4. The topological polar surface area (TPSA) is 152 Å². The van der Waals surface area contributed by atoms with Crippen LogP contribution < -0.4 is 26.0 Å². The standard InChI is InChI=1S/C42H40N4O7S2/c1-5-34(39(49)46-41-35(42(51)53-6-2)26(3)36(55-41)40(50)43-29-16-11-8-12-17-29)54-32-19-13-18-30(25-32)44-38(48)33(24-27-20-22-31(52-4)23-21-27)45-37(47)28-14-9-7-10-15-28/h7-25,34H,5-6H2,1-4H3,(H,43,50)(H,44,48)(H,45,47)(H,46,49)/b33-24+. The summed E-state index contributed by atoms with van der Waals surface area (Å²) in [6.07, 6.45) is 1.99. The Bertz CT molecular complexity index is 2190. The van der Waals surface area contributed by atoms with Crippen LogP contribution in [0.15, 0.2) is 120 Å². The summed E-state index contributed by atoms with van der Waals surface area (Å²) in [5.41, 5.74) is 2.62. The smallest absolute Gasteiger partial charge is 0.341 e. The normalized spacial score (nSPS) is 11.5. The molecule has 0 aliphatic heterocycles. The summed E-state index contributed by atoms with van der Waals surface area (Å²) in [5.74, 6) is -1.80. The second kappa shape index (κ2) is 19.2. The lowest BCUT2D eigenvalue weighted by atomic mass is 10.1. The fourth-order valence-corrected chi connectivity index (χ4v) is 7.42. The third-order valence-electron chi connectivity index (χ3n) is 8.09. The third kappa shape index (κ3) is 10.7. The molecule has 0 saturated heterocycles. The van der Waals surface area contributed by atoms with Crippen LogP contribution in [-0.4, -0.2) is 48.6 Å². The van der Waals surface area contributed by atoms with Gasteiger partial charge in [-0.25, -0.2) is 4.79 Å². The van der Waals surface area contributed by atoms with Crippen molar-refractivity contribution in [2.45, 2.75) is 37.3 Å². The van der Waals surface area contributed by atoms with Crippen LogP contribution >= 0.6 is 23.1 Å². The van der Waals surface area contributed by atoms with Crippen LogP contribution in [0.3, 0.4) is 0 Å². The van der Waals surface area contributed by atoms with E-state index in [4.69, 9.17) is 9.47 Å². The maximum Gasteiger partial charge on any atom is 0.341 e. The molecule has 282 valence electrons. The van der Waals surface area contributed by atoms with Crippen LogP contribution in [0.4, 0.5) is 16.4 Å². The maximum atomic E-state index is 13.7. The van der Waals surface area contributed by atoms with Gasteiger partial charge in [0.1, 0.15) is 16.4 Å². The molecule has 4 N–H and O–H groups in total. The minimum absolute atomic E-state index is 0.0170. The Labute approximate surface area is 327 Å². The summed E-state index contributed by atoms with van der Waals surface area (Å²) >= 11 is 2.28. The van der Waals surface area contributed by atoms with Crippen molar-refractivity contribution in [1.29, 1.82) is 0 Å². The monoisotopic (exact) mass is 776 g/mol. The molecule has 0 radical (unpaired) electrons. The number of anilines is 3. The predicted molar refractivity (Wildman–Crippen MR) is 218 cm³/mol. The van der Waals surface area contributed by atoms with Gasteiger partial charge in [-0.15, -0.1) is 23.1 Å². The van der Waals surface area contributed by atoms with Crippen LogP contribution in [0.5, 0.6) is 5.75 Å². The van der Waals surface area contributed by atoms with E-state index in [1.54, 1.807) is 124 Å². The molecular weight excluding hydrogens is 737 g/mol. The fourth-order valence-electron chi connectivity index (χ4n) is 5.31. The Morgan fingerprint density at radius 2 is 1.45 bits per heavy atom. The number of para-hydroxylation sites is 1. The van der Waals surface area contributed by atoms with Crippen molar-refractivity contribution in [2.24, 2.45) is 0 Å². The number of rotatable bonds is 15. The van der Waals surface area contributed by atoms with Crippen molar-refractivity contribution >= 4 is 75.1 Å². The predicted octanol–water partition coefficient (Wildman–Crippen LogP) is 8.41. The first-order valence-corrected chi connectivity index (χ1v) is 19.1. The van der Waals surface area contributed by atoms with Gasteiger partial charge in [0.2, 0.25) is 5.91 Å². The number of methoxy groups -OCH3 is 1.